The van der Waals surface area contributed by atoms with Gasteiger partial charge < -0.3 is 0 Å². The average Bonchev–Trinajstić information content (AvgIpc) is 3.09. The molecule has 8 heteroatoms. The van der Waals surface area contributed by atoms with Crippen LogP contribution in [-0.4, -0.2) is 54.8 Å². The summed E-state index contributed by atoms with van der Waals surface area (Å²) in [6, 6.07) is 0.361. The number of likely N-dealkylation sites (tertiary alicyclic amines) is 1. The number of halogens is 1. The van der Waals surface area contributed by atoms with Gasteiger partial charge in [0.15, 0.2) is 8.68 Å². The number of aryl methyl sites for hydroxylation is 1. The van der Waals surface area contributed by atoms with Crippen LogP contribution in [0.1, 0.15) is 31.4 Å². The number of piperidine rings is 1. The number of nitrogens with zero attached hydrogens (tertiary/aromatic N) is 3. The van der Waals surface area contributed by atoms with Gasteiger partial charge in [-0.15, -0.1) is 0 Å². The Balaban J connectivity index is 1.80. The molecule has 3 rings (SSSR count). The Morgan fingerprint density at radius 2 is 1.95 bits per heavy atom. The van der Waals surface area contributed by atoms with E-state index in [4.69, 9.17) is 11.6 Å². The van der Waals surface area contributed by atoms with Crippen molar-refractivity contribution in [2.24, 2.45) is 0 Å². The van der Waals surface area contributed by atoms with Crippen LogP contribution in [0.5, 0.6) is 0 Å². The fraction of sp³-hybridized carbons (Fsp3) is 0.769. The minimum atomic E-state index is -3.46. The van der Waals surface area contributed by atoms with Gasteiger partial charge in [0.2, 0.25) is 0 Å². The van der Waals surface area contributed by atoms with Crippen LogP contribution in [0.4, 0.5) is 0 Å². The summed E-state index contributed by atoms with van der Waals surface area (Å²) in [5, 5.41) is 0. The van der Waals surface area contributed by atoms with Crippen molar-refractivity contribution in [2.75, 3.05) is 26.2 Å². The average molecular weight is 350 g/mol. The Bertz CT molecular complexity index is 611. The van der Waals surface area contributed by atoms with Gasteiger partial charge in [0.25, 0.3) is 10.0 Å². The zero-order chi connectivity index (χ0) is 15.0. The van der Waals surface area contributed by atoms with Crippen LogP contribution >= 0.6 is 22.9 Å². The summed E-state index contributed by atoms with van der Waals surface area (Å²) in [5.74, 6) is 0. The molecule has 2 saturated heterocycles. The Kier molecular flexibility index (Phi) is 4.57. The molecule has 1 unspecified atom stereocenters. The van der Waals surface area contributed by atoms with E-state index in [0.29, 0.717) is 33.5 Å². The highest BCUT2D eigenvalue weighted by molar-refractivity contribution is 7.91. The molecular weight excluding hydrogens is 330 g/mol. The molecule has 1 atom stereocenters. The molecule has 5 nitrogen and oxygen atoms in total. The third-order valence-corrected chi connectivity index (χ3v) is 8.03. The Morgan fingerprint density at radius 1 is 1.24 bits per heavy atom. The standard InChI is InChI=1S/C13H20ClN3O2S2/c1-10-12(20-13(14)15-10)21(18,19)17-8-4-5-11(9-17)16-6-2-3-7-16/h11H,2-9H2,1H3. The van der Waals surface area contributed by atoms with Gasteiger partial charge in [-0.2, -0.15) is 4.31 Å². The van der Waals surface area contributed by atoms with Gasteiger partial charge in [-0.05, 0) is 45.7 Å². The van der Waals surface area contributed by atoms with Crippen LogP contribution in [0.2, 0.25) is 4.47 Å². The van der Waals surface area contributed by atoms with E-state index < -0.39 is 10.0 Å². The predicted molar refractivity (Wildman–Crippen MR) is 84.4 cm³/mol. The van der Waals surface area contributed by atoms with Gasteiger partial charge >= 0.3 is 0 Å². The molecule has 2 aliphatic rings. The molecule has 0 amide bonds. The van der Waals surface area contributed by atoms with E-state index in [-0.39, 0.29) is 0 Å². The number of thiazole rings is 1. The number of sulfonamides is 1. The van der Waals surface area contributed by atoms with Gasteiger partial charge in [0, 0.05) is 19.1 Å². The number of rotatable bonds is 3. The van der Waals surface area contributed by atoms with Crippen LogP contribution < -0.4 is 0 Å². The van der Waals surface area contributed by atoms with Crippen LogP contribution in [0.25, 0.3) is 0 Å². The van der Waals surface area contributed by atoms with E-state index in [1.807, 2.05) is 0 Å². The molecular formula is C13H20ClN3O2S2. The summed E-state index contributed by atoms with van der Waals surface area (Å²) >= 11 is 6.92. The number of hydrogen-bond donors (Lipinski definition) is 0. The first kappa shape index (κ1) is 15.7. The molecule has 0 saturated carbocycles. The topological polar surface area (TPSA) is 53.5 Å². The Hall–Kier alpha value is -0.210. The van der Waals surface area contributed by atoms with Crippen molar-refractivity contribution in [1.29, 1.82) is 0 Å². The summed E-state index contributed by atoms with van der Waals surface area (Å²) < 4.78 is 27.8. The van der Waals surface area contributed by atoms with E-state index in [1.165, 1.54) is 12.8 Å². The third kappa shape index (κ3) is 3.12. The Morgan fingerprint density at radius 3 is 2.57 bits per heavy atom. The van der Waals surface area contributed by atoms with Crippen molar-refractivity contribution in [3.05, 3.63) is 10.2 Å². The number of hydrogen-bond acceptors (Lipinski definition) is 5. The first-order chi connectivity index (χ1) is 9.98. The van der Waals surface area contributed by atoms with Crippen LogP contribution in [0.3, 0.4) is 0 Å². The van der Waals surface area contributed by atoms with E-state index in [1.54, 1.807) is 11.2 Å². The maximum Gasteiger partial charge on any atom is 0.254 e. The zero-order valence-electron chi connectivity index (χ0n) is 12.1. The largest absolute Gasteiger partial charge is 0.299 e. The van der Waals surface area contributed by atoms with Crippen molar-refractivity contribution in [2.45, 2.75) is 42.9 Å². The lowest BCUT2D eigenvalue weighted by Crippen LogP contribution is -2.48. The molecule has 0 spiro atoms. The minimum absolute atomic E-state index is 0.291. The van der Waals surface area contributed by atoms with E-state index in [2.05, 4.69) is 9.88 Å². The monoisotopic (exact) mass is 349 g/mol. The summed E-state index contributed by atoms with van der Waals surface area (Å²) in [7, 11) is -3.46. The zero-order valence-corrected chi connectivity index (χ0v) is 14.5. The normalized spacial score (nSPS) is 25.5. The third-order valence-electron chi connectivity index (χ3n) is 4.32. The molecule has 2 fully saturated rings. The van der Waals surface area contributed by atoms with Gasteiger partial charge in [0.05, 0.1) is 5.69 Å². The second-order valence-corrected chi connectivity index (χ2v) is 9.46. The van der Waals surface area contributed by atoms with Crippen LogP contribution in [-0.2, 0) is 10.0 Å². The van der Waals surface area contributed by atoms with Crippen LogP contribution in [0.15, 0.2) is 4.21 Å². The maximum atomic E-state index is 12.8. The van der Waals surface area contributed by atoms with E-state index in [0.717, 1.165) is 37.3 Å². The van der Waals surface area contributed by atoms with Crippen molar-refractivity contribution in [3.63, 3.8) is 0 Å². The van der Waals surface area contributed by atoms with E-state index in [9.17, 15) is 8.42 Å². The highest BCUT2D eigenvalue weighted by Gasteiger charge is 2.35. The fourth-order valence-electron chi connectivity index (χ4n) is 3.25. The minimum Gasteiger partial charge on any atom is -0.299 e. The molecule has 0 aliphatic carbocycles. The highest BCUT2D eigenvalue weighted by Crippen LogP contribution is 2.31. The molecule has 0 aromatic carbocycles. The van der Waals surface area contributed by atoms with Gasteiger partial charge in [-0.3, -0.25) is 4.90 Å². The molecule has 21 heavy (non-hydrogen) atoms. The Labute approximate surface area is 135 Å². The predicted octanol–water partition coefficient (Wildman–Crippen LogP) is 2.35. The molecule has 118 valence electrons. The fourth-order valence-corrected chi connectivity index (χ4v) is 6.64. The molecule has 0 N–H and O–H groups in total. The van der Waals surface area contributed by atoms with Crippen molar-refractivity contribution in [3.8, 4) is 0 Å². The number of aromatic nitrogens is 1. The van der Waals surface area contributed by atoms with Crippen molar-refractivity contribution >= 4 is 33.0 Å². The lowest BCUT2D eigenvalue weighted by atomic mass is 10.1. The first-order valence-electron chi connectivity index (χ1n) is 7.35. The smallest absolute Gasteiger partial charge is 0.254 e. The maximum absolute atomic E-state index is 12.8. The molecule has 0 bridgehead atoms. The highest BCUT2D eigenvalue weighted by atomic mass is 35.5. The van der Waals surface area contributed by atoms with Crippen molar-refractivity contribution in [1.82, 2.24) is 14.2 Å². The van der Waals surface area contributed by atoms with Gasteiger partial charge in [-0.25, -0.2) is 13.4 Å². The molecule has 1 aromatic heterocycles. The lowest BCUT2D eigenvalue weighted by molar-refractivity contribution is 0.162. The van der Waals surface area contributed by atoms with Crippen molar-refractivity contribution < 1.29 is 8.42 Å². The molecule has 3 heterocycles. The summed E-state index contributed by atoms with van der Waals surface area (Å²) in [4.78, 5) is 6.48. The first-order valence-corrected chi connectivity index (χ1v) is 9.99. The SMILES string of the molecule is Cc1nc(Cl)sc1S(=O)(=O)N1CCCC(N2CCCC2)C1. The second-order valence-electron chi connectivity index (χ2n) is 5.74. The summed E-state index contributed by atoms with van der Waals surface area (Å²) in [5.41, 5.74) is 0.508. The quantitative estimate of drug-likeness (QED) is 0.840. The summed E-state index contributed by atoms with van der Waals surface area (Å²) in [6.45, 7) is 5.10. The van der Waals surface area contributed by atoms with Gasteiger partial charge in [0.1, 0.15) is 0 Å². The lowest BCUT2D eigenvalue weighted by Gasteiger charge is -2.36. The molecule has 2 aliphatic heterocycles. The van der Waals surface area contributed by atoms with E-state index >= 15 is 0 Å². The van der Waals surface area contributed by atoms with Crippen LogP contribution in [0, 0.1) is 6.92 Å². The molecule has 0 radical (unpaired) electrons. The summed E-state index contributed by atoms with van der Waals surface area (Å²) in [6.07, 6.45) is 4.47. The molecule has 1 aromatic rings. The second kappa shape index (κ2) is 6.12. The van der Waals surface area contributed by atoms with Gasteiger partial charge in [-0.1, -0.05) is 22.9 Å².